The van der Waals surface area contributed by atoms with E-state index in [0.717, 1.165) is 19.3 Å². The van der Waals surface area contributed by atoms with Gasteiger partial charge in [0, 0.05) is 24.1 Å². The van der Waals surface area contributed by atoms with E-state index >= 15 is 0 Å². The van der Waals surface area contributed by atoms with Crippen LogP contribution in [0.25, 0.3) is 0 Å². The van der Waals surface area contributed by atoms with Crippen molar-refractivity contribution in [2.45, 2.75) is 48.3 Å². The van der Waals surface area contributed by atoms with Crippen molar-refractivity contribution in [3.63, 3.8) is 0 Å². The summed E-state index contributed by atoms with van der Waals surface area (Å²) in [5, 5.41) is 9.07. The van der Waals surface area contributed by atoms with E-state index in [1.807, 2.05) is 17.0 Å². The molecule has 0 aromatic heterocycles. The molecule has 0 saturated heterocycles. The summed E-state index contributed by atoms with van der Waals surface area (Å²) in [6.07, 6.45) is 5.02. The molecule has 108 valence electrons. The second-order valence-electron chi connectivity index (χ2n) is 5.61. The van der Waals surface area contributed by atoms with Crippen molar-refractivity contribution >= 4 is 17.7 Å². The van der Waals surface area contributed by atoms with Crippen LogP contribution >= 0.6 is 11.8 Å². The average molecular weight is 291 g/mol. The molecular formula is C16H21NO2S. The Balaban J connectivity index is 1.68. The molecule has 1 unspecified atom stereocenters. The van der Waals surface area contributed by atoms with Crippen LogP contribution in [0.4, 0.5) is 0 Å². The predicted molar refractivity (Wildman–Crippen MR) is 80.8 cm³/mol. The summed E-state index contributed by atoms with van der Waals surface area (Å²) in [6, 6.07) is 8.72. The van der Waals surface area contributed by atoms with Gasteiger partial charge in [-0.1, -0.05) is 18.2 Å². The van der Waals surface area contributed by atoms with Gasteiger partial charge in [0.15, 0.2) is 0 Å². The van der Waals surface area contributed by atoms with Crippen molar-refractivity contribution in [2.24, 2.45) is 0 Å². The first kappa shape index (κ1) is 14.0. The third kappa shape index (κ3) is 2.72. The van der Waals surface area contributed by atoms with Gasteiger partial charge in [0.1, 0.15) is 0 Å². The molecule has 0 radical (unpaired) electrons. The molecule has 20 heavy (non-hydrogen) atoms. The van der Waals surface area contributed by atoms with Crippen molar-refractivity contribution in [3.8, 4) is 0 Å². The number of thioether (sulfide) groups is 1. The summed E-state index contributed by atoms with van der Waals surface area (Å²) >= 11 is 1.70. The number of rotatable bonds is 5. The fourth-order valence-corrected chi connectivity index (χ4v) is 4.18. The van der Waals surface area contributed by atoms with Crippen molar-refractivity contribution in [1.29, 1.82) is 0 Å². The van der Waals surface area contributed by atoms with Gasteiger partial charge in [0.2, 0.25) is 5.91 Å². The highest BCUT2D eigenvalue weighted by atomic mass is 32.2. The Bertz CT molecular complexity index is 462. The second-order valence-corrected chi connectivity index (χ2v) is 6.86. The number of hydrogen-bond acceptors (Lipinski definition) is 3. The Morgan fingerprint density at radius 3 is 2.80 bits per heavy atom. The maximum atomic E-state index is 12.8. The van der Waals surface area contributed by atoms with E-state index in [9.17, 15) is 4.79 Å². The SMILES string of the molecule is O=C(C1Cc2ccccc2S1)N(CCCO)C1CCC1. The zero-order chi connectivity index (χ0) is 13.9. The Hall–Kier alpha value is -1.00. The highest BCUT2D eigenvalue weighted by molar-refractivity contribution is 8.01. The fraction of sp³-hybridized carbons (Fsp3) is 0.562. The summed E-state index contributed by atoms with van der Waals surface area (Å²) in [4.78, 5) is 16.1. The molecule has 3 rings (SSSR count). The highest BCUT2D eigenvalue weighted by Gasteiger charge is 2.35. The summed E-state index contributed by atoms with van der Waals surface area (Å²) in [5.41, 5.74) is 1.30. The maximum absolute atomic E-state index is 12.8. The number of fused-ring (bicyclic) bond motifs is 1. The summed E-state index contributed by atoms with van der Waals surface area (Å²) in [7, 11) is 0. The molecule has 1 aromatic carbocycles. The fourth-order valence-electron chi connectivity index (χ4n) is 2.92. The van der Waals surface area contributed by atoms with Crippen molar-refractivity contribution in [3.05, 3.63) is 29.8 Å². The van der Waals surface area contributed by atoms with Crippen LogP contribution in [-0.4, -0.2) is 40.4 Å². The van der Waals surface area contributed by atoms with E-state index in [4.69, 9.17) is 5.11 Å². The minimum Gasteiger partial charge on any atom is -0.396 e. The van der Waals surface area contributed by atoms with Crippen molar-refractivity contribution in [2.75, 3.05) is 13.2 Å². The van der Waals surface area contributed by atoms with Crippen LogP contribution < -0.4 is 0 Å². The molecular weight excluding hydrogens is 270 g/mol. The van der Waals surface area contributed by atoms with Gasteiger partial charge in [-0.05, 0) is 43.7 Å². The number of hydrogen-bond donors (Lipinski definition) is 1. The molecule has 1 aromatic rings. The van der Waals surface area contributed by atoms with E-state index < -0.39 is 0 Å². The minimum atomic E-state index is 0.0340. The monoisotopic (exact) mass is 291 g/mol. The smallest absolute Gasteiger partial charge is 0.236 e. The molecule has 1 fully saturated rings. The lowest BCUT2D eigenvalue weighted by Gasteiger charge is -2.38. The topological polar surface area (TPSA) is 40.5 Å². The van der Waals surface area contributed by atoms with Crippen molar-refractivity contribution in [1.82, 2.24) is 4.90 Å². The van der Waals surface area contributed by atoms with Gasteiger partial charge in [-0.3, -0.25) is 4.79 Å². The zero-order valence-electron chi connectivity index (χ0n) is 11.6. The third-order valence-electron chi connectivity index (χ3n) is 4.28. The Morgan fingerprint density at radius 1 is 1.35 bits per heavy atom. The molecule has 1 saturated carbocycles. The lowest BCUT2D eigenvalue weighted by Crippen LogP contribution is -2.48. The molecule has 1 atom stereocenters. The number of benzene rings is 1. The van der Waals surface area contributed by atoms with Crippen LogP contribution in [0, 0.1) is 0 Å². The van der Waals surface area contributed by atoms with Gasteiger partial charge < -0.3 is 10.0 Å². The largest absolute Gasteiger partial charge is 0.396 e. The Labute approximate surface area is 124 Å². The molecule has 2 aliphatic rings. The van der Waals surface area contributed by atoms with Crippen molar-refractivity contribution < 1.29 is 9.90 Å². The molecule has 1 amide bonds. The standard InChI is InChI=1S/C16H21NO2S/c18-10-4-9-17(13-6-3-7-13)16(19)15-11-12-5-1-2-8-14(12)20-15/h1-2,5,8,13,15,18H,3-4,6-7,9-11H2. The van der Waals surface area contributed by atoms with E-state index in [1.54, 1.807) is 11.8 Å². The van der Waals surface area contributed by atoms with Gasteiger partial charge in [-0.2, -0.15) is 0 Å². The van der Waals surface area contributed by atoms with Gasteiger partial charge in [0.05, 0.1) is 5.25 Å². The number of carbonyl (C=O) groups is 1. The van der Waals surface area contributed by atoms with E-state index in [1.165, 1.54) is 16.9 Å². The predicted octanol–water partition coefficient (Wildman–Crippen LogP) is 2.47. The first-order chi connectivity index (χ1) is 9.79. The van der Waals surface area contributed by atoms with E-state index in [0.29, 0.717) is 19.0 Å². The maximum Gasteiger partial charge on any atom is 0.236 e. The number of aliphatic hydroxyl groups is 1. The van der Waals surface area contributed by atoms with Crippen LogP contribution in [0.3, 0.4) is 0 Å². The molecule has 3 nitrogen and oxygen atoms in total. The molecule has 1 aliphatic heterocycles. The summed E-state index contributed by atoms with van der Waals surface area (Å²) in [5.74, 6) is 0.268. The Morgan fingerprint density at radius 2 is 2.15 bits per heavy atom. The number of nitrogens with zero attached hydrogens (tertiary/aromatic N) is 1. The zero-order valence-corrected chi connectivity index (χ0v) is 12.4. The molecule has 4 heteroatoms. The number of carbonyl (C=O) groups excluding carboxylic acids is 1. The normalized spacial score (nSPS) is 21.4. The first-order valence-corrected chi connectivity index (χ1v) is 8.33. The van der Waals surface area contributed by atoms with Crippen LogP contribution in [0.15, 0.2) is 29.2 Å². The molecule has 0 spiro atoms. The highest BCUT2D eigenvalue weighted by Crippen LogP contribution is 2.38. The molecule has 1 N–H and O–H groups in total. The van der Waals surface area contributed by atoms with Crippen LogP contribution in [-0.2, 0) is 11.2 Å². The van der Waals surface area contributed by atoms with Crippen LogP contribution in [0.1, 0.15) is 31.2 Å². The first-order valence-electron chi connectivity index (χ1n) is 7.45. The number of aliphatic hydroxyl groups excluding tert-OH is 1. The minimum absolute atomic E-state index is 0.0340. The van der Waals surface area contributed by atoms with E-state index in [2.05, 4.69) is 12.1 Å². The van der Waals surface area contributed by atoms with Gasteiger partial charge in [-0.15, -0.1) is 11.8 Å². The van der Waals surface area contributed by atoms with Gasteiger partial charge in [0.25, 0.3) is 0 Å². The second kappa shape index (κ2) is 6.19. The molecule has 1 heterocycles. The lowest BCUT2D eigenvalue weighted by atomic mass is 9.91. The lowest BCUT2D eigenvalue weighted by molar-refractivity contribution is -0.134. The van der Waals surface area contributed by atoms with Gasteiger partial charge in [-0.25, -0.2) is 0 Å². The van der Waals surface area contributed by atoms with Gasteiger partial charge >= 0.3 is 0 Å². The molecule has 0 bridgehead atoms. The summed E-state index contributed by atoms with van der Waals surface area (Å²) < 4.78 is 0. The number of amides is 1. The summed E-state index contributed by atoms with van der Waals surface area (Å²) in [6.45, 7) is 0.863. The average Bonchev–Trinajstić information content (AvgIpc) is 2.84. The van der Waals surface area contributed by atoms with E-state index in [-0.39, 0.29) is 17.8 Å². The molecule has 1 aliphatic carbocycles. The van der Waals surface area contributed by atoms with Crippen LogP contribution in [0.2, 0.25) is 0 Å². The van der Waals surface area contributed by atoms with Crippen LogP contribution in [0.5, 0.6) is 0 Å². The Kier molecular flexibility index (Phi) is 4.32. The third-order valence-corrected chi connectivity index (χ3v) is 5.58. The quantitative estimate of drug-likeness (QED) is 0.906.